The van der Waals surface area contributed by atoms with Crippen LogP contribution in [0.3, 0.4) is 0 Å². The Balaban J connectivity index is 1.98. The molecule has 0 fully saturated rings. The smallest absolute Gasteiger partial charge is 0.354 e. The summed E-state index contributed by atoms with van der Waals surface area (Å²) in [4.78, 5) is 0. The minimum Gasteiger partial charge on any atom is -0.354 e. The van der Waals surface area contributed by atoms with Gasteiger partial charge < -0.3 is 4.52 Å². The number of hydrogen-bond donors (Lipinski definition) is 0. The Hall–Kier alpha value is -2.08. The molecule has 0 aliphatic carbocycles. The molecule has 2 nitrogen and oxygen atoms in total. The summed E-state index contributed by atoms with van der Waals surface area (Å²) in [7, 11) is 0. The van der Waals surface area contributed by atoms with Gasteiger partial charge >= 0.3 is 6.18 Å². The summed E-state index contributed by atoms with van der Waals surface area (Å²) in [6.07, 6.45) is -4.35. The Morgan fingerprint density at radius 1 is 0.864 bits per heavy atom. The second kappa shape index (κ2) is 5.61. The van der Waals surface area contributed by atoms with E-state index in [1.807, 2.05) is 30.3 Å². The van der Waals surface area contributed by atoms with Crippen LogP contribution in [0.5, 0.6) is 0 Å². The highest BCUT2D eigenvalue weighted by Gasteiger charge is 2.30. The Morgan fingerprint density at radius 3 is 2.09 bits per heavy atom. The molecular formula is C16H9BrF3NO. The van der Waals surface area contributed by atoms with Crippen LogP contribution in [-0.4, -0.2) is 5.16 Å². The average Bonchev–Trinajstić information content (AvgIpc) is 2.89. The van der Waals surface area contributed by atoms with Crippen LogP contribution >= 0.6 is 15.9 Å². The van der Waals surface area contributed by atoms with Crippen LogP contribution in [0.2, 0.25) is 0 Å². The van der Waals surface area contributed by atoms with Gasteiger partial charge in [-0.15, -0.1) is 0 Å². The predicted octanol–water partition coefficient (Wildman–Crippen LogP) is 5.79. The second-order valence-electron chi connectivity index (χ2n) is 4.62. The molecule has 22 heavy (non-hydrogen) atoms. The summed E-state index contributed by atoms with van der Waals surface area (Å²) in [6.45, 7) is 0. The maximum atomic E-state index is 12.6. The van der Waals surface area contributed by atoms with Gasteiger partial charge in [-0.1, -0.05) is 47.6 Å². The summed E-state index contributed by atoms with van der Waals surface area (Å²) >= 11 is 3.40. The van der Waals surface area contributed by atoms with E-state index in [9.17, 15) is 13.2 Å². The Labute approximate surface area is 132 Å². The van der Waals surface area contributed by atoms with Crippen molar-refractivity contribution in [3.05, 3.63) is 64.6 Å². The number of alkyl halides is 3. The third-order valence-electron chi connectivity index (χ3n) is 3.16. The van der Waals surface area contributed by atoms with E-state index in [0.29, 0.717) is 21.5 Å². The summed E-state index contributed by atoms with van der Waals surface area (Å²) in [5, 5.41) is 3.99. The van der Waals surface area contributed by atoms with Crippen LogP contribution in [0.25, 0.3) is 22.6 Å². The molecule has 0 unspecified atom stereocenters. The van der Waals surface area contributed by atoms with E-state index in [-0.39, 0.29) is 0 Å². The molecule has 0 saturated heterocycles. The van der Waals surface area contributed by atoms with E-state index in [1.165, 1.54) is 12.1 Å². The van der Waals surface area contributed by atoms with Crippen molar-refractivity contribution in [1.29, 1.82) is 0 Å². The minimum atomic E-state index is -4.35. The average molecular weight is 368 g/mol. The van der Waals surface area contributed by atoms with E-state index in [2.05, 4.69) is 21.1 Å². The van der Waals surface area contributed by atoms with E-state index in [0.717, 1.165) is 17.7 Å². The molecule has 1 heterocycles. The standard InChI is InChI=1S/C16H9BrF3NO/c17-13-14(10-4-2-1-3-5-10)21-22-15(13)11-6-8-12(9-7-11)16(18,19)20/h1-9H. The largest absolute Gasteiger partial charge is 0.416 e. The van der Waals surface area contributed by atoms with Crippen molar-refractivity contribution in [1.82, 2.24) is 5.16 Å². The molecule has 0 N–H and O–H groups in total. The predicted molar refractivity (Wildman–Crippen MR) is 80.1 cm³/mol. The first kappa shape index (κ1) is 14.8. The van der Waals surface area contributed by atoms with E-state index in [1.54, 1.807) is 0 Å². The van der Waals surface area contributed by atoms with Gasteiger partial charge in [0.05, 0.1) is 10.0 Å². The van der Waals surface area contributed by atoms with Gasteiger partial charge in [0, 0.05) is 11.1 Å². The fraction of sp³-hybridized carbons (Fsp3) is 0.0625. The molecule has 0 radical (unpaired) electrons. The first-order valence-corrected chi connectivity index (χ1v) is 7.14. The van der Waals surface area contributed by atoms with Crippen molar-refractivity contribution in [2.45, 2.75) is 6.18 Å². The van der Waals surface area contributed by atoms with Crippen LogP contribution in [0, 0.1) is 0 Å². The lowest BCUT2D eigenvalue weighted by molar-refractivity contribution is -0.137. The topological polar surface area (TPSA) is 26.0 Å². The zero-order valence-corrected chi connectivity index (χ0v) is 12.6. The molecule has 3 rings (SSSR count). The molecule has 0 saturated carbocycles. The molecule has 0 atom stereocenters. The quantitative estimate of drug-likeness (QED) is 0.572. The molecule has 112 valence electrons. The minimum absolute atomic E-state index is 0.396. The van der Waals surface area contributed by atoms with Gasteiger partial charge in [-0.05, 0) is 28.1 Å². The van der Waals surface area contributed by atoms with Crippen molar-refractivity contribution in [3.63, 3.8) is 0 Å². The van der Waals surface area contributed by atoms with Gasteiger partial charge in [-0.3, -0.25) is 0 Å². The summed E-state index contributed by atoms with van der Waals surface area (Å²) in [6, 6.07) is 14.1. The lowest BCUT2D eigenvalue weighted by Gasteiger charge is -2.06. The number of halogens is 4. The molecular weight excluding hydrogens is 359 g/mol. The normalized spacial score (nSPS) is 11.6. The van der Waals surface area contributed by atoms with Crippen LogP contribution in [0.1, 0.15) is 5.56 Å². The molecule has 3 aromatic rings. The second-order valence-corrected chi connectivity index (χ2v) is 5.41. The molecule has 0 aliphatic heterocycles. The number of rotatable bonds is 2. The van der Waals surface area contributed by atoms with Crippen LogP contribution in [-0.2, 0) is 6.18 Å². The zero-order chi connectivity index (χ0) is 15.7. The highest BCUT2D eigenvalue weighted by Crippen LogP contribution is 2.37. The molecule has 0 spiro atoms. The van der Waals surface area contributed by atoms with Crippen molar-refractivity contribution in [2.75, 3.05) is 0 Å². The lowest BCUT2D eigenvalue weighted by atomic mass is 10.1. The number of hydrogen-bond acceptors (Lipinski definition) is 2. The molecule has 0 bridgehead atoms. The van der Waals surface area contributed by atoms with E-state index >= 15 is 0 Å². The molecule has 0 aliphatic rings. The highest BCUT2D eigenvalue weighted by molar-refractivity contribution is 9.10. The Bertz CT molecular complexity index is 779. The van der Waals surface area contributed by atoms with Crippen molar-refractivity contribution in [2.24, 2.45) is 0 Å². The van der Waals surface area contributed by atoms with Gasteiger partial charge in [-0.2, -0.15) is 13.2 Å². The fourth-order valence-corrected chi connectivity index (χ4v) is 2.65. The molecule has 0 amide bonds. The fourth-order valence-electron chi connectivity index (χ4n) is 2.04. The third-order valence-corrected chi connectivity index (χ3v) is 3.89. The molecule has 1 aromatic heterocycles. The maximum absolute atomic E-state index is 12.6. The van der Waals surface area contributed by atoms with Crippen LogP contribution in [0.4, 0.5) is 13.2 Å². The van der Waals surface area contributed by atoms with Gasteiger partial charge in [0.2, 0.25) is 0 Å². The SMILES string of the molecule is FC(F)(F)c1ccc(-c2onc(-c3ccccc3)c2Br)cc1. The summed E-state index contributed by atoms with van der Waals surface area (Å²) < 4.78 is 43.6. The van der Waals surface area contributed by atoms with Gasteiger partial charge in [0.25, 0.3) is 0 Å². The Morgan fingerprint density at radius 2 is 1.50 bits per heavy atom. The zero-order valence-electron chi connectivity index (χ0n) is 11.1. The number of benzene rings is 2. The van der Waals surface area contributed by atoms with Gasteiger partial charge in [0.15, 0.2) is 5.76 Å². The molecule has 6 heteroatoms. The van der Waals surface area contributed by atoms with Crippen molar-refractivity contribution >= 4 is 15.9 Å². The highest BCUT2D eigenvalue weighted by atomic mass is 79.9. The van der Waals surface area contributed by atoms with Crippen LogP contribution < -0.4 is 0 Å². The Kier molecular flexibility index (Phi) is 3.78. The van der Waals surface area contributed by atoms with Gasteiger partial charge in [-0.25, -0.2) is 0 Å². The number of nitrogens with zero attached hydrogens (tertiary/aromatic N) is 1. The van der Waals surface area contributed by atoms with E-state index in [4.69, 9.17) is 4.52 Å². The first-order valence-electron chi connectivity index (χ1n) is 6.35. The van der Waals surface area contributed by atoms with Crippen molar-refractivity contribution in [3.8, 4) is 22.6 Å². The van der Waals surface area contributed by atoms with Crippen LogP contribution in [0.15, 0.2) is 63.6 Å². The number of aromatic nitrogens is 1. The summed E-state index contributed by atoms with van der Waals surface area (Å²) in [5.74, 6) is 0.396. The monoisotopic (exact) mass is 367 g/mol. The van der Waals surface area contributed by atoms with E-state index < -0.39 is 11.7 Å². The lowest BCUT2D eigenvalue weighted by Crippen LogP contribution is -2.03. The first-order chi connectivity index (χ1) is 10.5. The third kappa shape index (κ3) is 2.78. The van der Waals surface area contributed by atoms with Gasteiger partial charge in [0.1, 0.15) is 5.69 Å². The van der Waals surface area contributed by atoms with Crippen molar-refractivity contribution < 1.29 is 17.7 Å². The molecule has 2 aromatic carbocycles. The summed E-state index contributed by atoms with van der Waals surface area (Å²) in [5.41, 5.74) is 1.29. The maximum Gasteiger partial charge on any atom is 0.416 e.